The fourth-order valence-corrected chi connectivity index (χ4v) is 3.47. The van der Waals surface area contributed by atoms with E-state index in [4.69, 9.17) is 18.9 Å². The van der Waals surface area contributed by atoms with Gasteiger partial charge in [-0.15, -0.1) is 0 Å². The number of hydrogen-bond acceptors (Lipinski definition) is 4. The smallest absolute Gasteiger partial charge is 0.184 e. The lowest BCUT2D eigenvalue weighted by atomic mass is 9.81. The van der Waals surface area contributed by atoms with E-state index in [2.05, 4.69) is 13.8 Å². The van der Waals surface area contributed by atoms with Gasteiger partial charge in [-0.2, -0.15) is 0 Å². The molecule has 2 saturated heterocycles. The van der Waals surface area contributed by atoms with Gasteiger partial charge in [0.25, 0.3) is 0 Å². The second kappa shape index (κ2) is 6.44. The fourth-order valence-electron chi connectivity index (χ4n) is 3.47. The molecule has 1 aromatic carbocycles. The number of methoxy groups -OCH3 is 1. The Bertz CT molecular complexity index is 449. The summed E-state index contributed by atoms with van der Waals surface area (Å²) in [4.78, 5) is 0. The number of rotatable bonds is 3. The maximum Gasteiger partial charge on any atom is 0.184 e. The zero-order valence-electron chi connectivity index (χ0n) is 12.9. The van der Waals surface area contributed by atoms with Crippen LogP contribution in [0.4, 0.5) is 0 Å². The van der Waals surface area contributed by atoms with Gasteiger partial charge in [0.1, 0.15) is 6.10 Å². The Morgan fingerprint density at radius 3 is 2.62 bits per heavy atom. The summed E-state index contributed by atoms with van der Waals surface area (Å²) < 4.78 is 23.6. The lowest BCUT2D eigenvalue weighted by molar-refractivity contribution is -0.341. The standard InChI is InChI=1S/C17H24O4/c1-4-13-11(2)15-14(20-17(13)18-3)10-19-16(21-15)12-8-6-5-7-9-12/h5-9,11,13-17H,4,10H2,1-3H3/t11-,13-,14-,15+,16-,17+/m1/s1. The van der Waals surface area contributed by atoms with Gasteiger partial charge in [-0.05, 0) is 12.3 Å². The summed E-state index contributed by atoms with van der Waals surface area (Å²) in [6.45, 7) is 4.95. The summed E-state index contributed by atoms with van der Waals surface area (Å²) in [7, 11) is 1.71. The van der Waals surface area contributed by atoms with Gasteiger partial charge in [-0.1, -0.05) is 44.2 Å². The Hall–Kier alpha value is -0.940. The fraction of sp³-hybridized carbons (Fsp3) is 0.647. The Balaban J connectivity index is 1.75. The van der Waals surface area contributed by atoms with Crippen LogP contribution in [0.2, 0.25) is 0 Å². The molecule has 6 atom stereocenters. The number of benzene rings is 1. The van der Waals surface area contributed by atoms with Crippen molar-refractivity contribution in [2.75, 3.05) is 13.7 Å². The van der Waals surface area contributed by atoms with E-state index in [1.54, 1.807) is 7.11 Å². The third-order valence-electron chi connectivity index (χ3n) is 4.69. The van der Waals surface area contributed by atoms with Gasteiger partial charge in [0.2, 0.25) is 0 Å². The van der Waals surface area contributed by atoms with Gasteiger partial charge in [-0.3, -0.25) is 0 Å². The third-order valence-corrected chi connectivity index (χ3v) is 4.69. The van der Waals surface area contributed by atoms with E-state index in [1.807, 2.05) is 30.3 Å². The van der Waals surface area contributed by atoms with Crippen LogP contribution in [0.15, 0.2) is 30.3 Å². The molecular formula is C17H24O4. The van der Waals surface area contributed by atoms with Gasteiger partial charge in [0.05, 0.1) is 12.7 Å². The van der Waals surface area contributed by atoms with E-state index in [9.17, 15) is 0 Å². The van der Waals surface area contributed by atoms with Gasteiger partial charge in [-0.25, -0.2) is 0 Å². The Kier molecular flexibility index (Phi) is 4.60. The first-order valence-corrected chi connectivity index (χ1v) is 7.74. The van der Waals surface area contributed by atoms with Crippen molar-refractivity contribution in [3.05, 3.63) is 35.9 Å². The van der Waals surface area contributed by atoms with Crippen LogP contribution in [-0.2, 0) is 18.9 Å². The van der Waals surface area contributed by atoms with E-state index >= 15 is 0 Å². The van der Waals surface area contributed by atoms with Crippen molar-refractivity contribution in [3.8, 4) is 0 Å². The molecule has 0 spiro atoms. The number of fused-ring (bicyclic) bond motifs is 1. The molecular weight excluding hydrogens is 268 g/mol. The van der Waals surface area contributed by atoms with Crippen molar-refractivity contribution in [2.24, 2.45) is 11.8 Å². The quantitative estimate of drug-likeness (QED) is 0.857. The Morgan fingerprint density at radius 1 is 1.19 bits per heavy atom. The first-order valence-electron chi connectivity index (χ1n) is 7.74. The predicted octanol–water partition coefficient (Wildman–Crippen LogP) is 3.13. The summed E-state index contributed by atoms with van der Waals surface area (Å²) in [5.74, 6) is 0.736. The van der Waals surface area contributed by atoms with Gasteiger partial charge < -0.3 is 18.9 Å². The minimum absolute atomic E-state index is 0.0484. The van der Waals surface area contributed by atoms with Crippen LogP contribution in [0, 0.1) is 11.8 Å². The molecule has 116 valence electrons. The molecule has 0 aromatic heterocycles. The van der Waals surface area contributed by atoms with Crippen LogP contribution in [0.1, 0.15) is 32.1 Å². The van der Waals surface area contributed by atoms with Crippen molar-refractivity contribution in [1.29, 1.82) is 0 Å². The second-order valence-corrected chi connectivity index (χ2v) is 5.89. The molecule has 0 unspecified atom stereocenters. The molecule has 0 aliphatic carbocycles. The van der Waals surface area contributed by atoms with Crippen LogP contribution < -0.4 is 0 Å². The van der Waals surface area contributed by atoms with E-state index in [-0.39, 0.29) is 24.8 Å². The molecule has 0 radical (unpaired) electrons. The molecule has 0 bridgehead atoms. The minimum Gasteiger partial charge on any atom is -0.356 e. The van der Waals surface area contributed by atoms with Crippen LogP contribution in [-0.4, -0.2) is 32.2 Å². The van der Waals surface area contributed by atoms with Crippen molar-refractivity contribution in [1.82, 2.24) is 0 Å². The largest absolute Gasteiger partial charge is 0.356 e. The third kappa shape index (κ3) is 2.86. The number of ether oxygens (including phenoxy) is 4. The minimum atomic E-state index is -0.296. The molecule has 2 fully saturated rings. The van der Waals surface area contributed by atoms with Gasteiger partial charge in [0.15, 0.2) is 12.6 Å². The van der Waals surface area contributed by atoms with Crippen molar-refractivity contribution in [3.63, 3.8) is 0 Å². The summed E-state index contributed by atoms with van der Waals surface area (Å²) >= 11 is 0. The lowest BCUT2D eigenvalue weighted by Crippen LogP contribution is -2.56. The summed E-state index contributed by atoms with van der Waals surface area (Å²) in [6, 6.07) is 10.1. The average molecular weight is 292 g/mol. The molecule has 0 N–H and O–H groups in total. The molecule has 2 aliphatic rings. The molecule has 4 nitrogen and oxygen atoms in total. The van der Waals surface area contributed by atoms with E-state index in [0.717, 1.165) is 12.0 Å². The zero-order valence-corrected chi connectivity index (χ0v) is 12.9. The van der Waals surface area contributed by atoms with Crippen LogP contribution in [0.25, 0.3) is 0 Å². The molecule has 2 aliphatic heterocycles. The highest BCUT2D eigenvalue weighted by Crippen LogP contribution is 2.40. The topological polar surface area (TPSA) is 36.9 Å². The van der Waals surface area contributed by atoms with Crippen LogP contribution >= 0.6 is 0 Å². The Labute approximate surface area is 126 Å². The highest BCUT2D eigenvalue weighted by Gasteiger charge is 2.47. The van der Waals surface area contributed by atoms with Crippen LogP contribution in [0.3, 0.4) is 0 Å². The lowest BCUT2D eigenvalue weighted by Gasteiger charge is -2.48. The summed E-state index contributed by atoms with van der Waals surface area (Å²) in [5, 5.41) is 0. The van der Waals surface area contributed by atoms with Crippen LogP contribution in [0.5, 0.6) is 0 Å². The molecule has 0 amide bonds. The monoisotopic (exact) mass is 292 g/mol. The first-order chi connectivity index (χ1) is 10.2. The highest BCUT2D eigenvalue weighted by molar-refractivity contribution is 5.16. The molecule has 3 rings (SSSR count). The van der Waals surface area contributed by atoms with Crippen molar-refractivity contribution >= 4 is 0 Å². The first kappa shape index (κ1) is 15.0. The summed E-state index contributed by atoms with van der Waals surface area (Å²) in [6.07, 6.45) is 0.568. The SMILES string of the molecule is CC[C@H]1[C@@H](OC)O[C@@H]2CO[C@@H](c3ccccc3)O[C@H]2[C@@H]1C. The number of hydrogen-bond donors (Lipinski definition) is 0. The van der Waals surface area contributed by atoms with E-state index < -0.39 is 0 Å². The molecule has 2 heterocycles. The van der Waals surface area contributed by atoms with Crippen molar-refractivity contribution in [2.45, 2.75) is 45.1 Å². The maximum atomic E-state index is 6.21. The van der Waals surface area contributed by atoms with Gasteiger partial charge >= 0.3 is 0 Å². The normalized spacial score (nSPS) is 39.8. The highest BCUT2D eigenvalue weighted by atomic mass is 16.7. The Morgan fingerprint density at radius 2 is 1.95 bits per heavy atom. The predicted molar refractivity (Wildman–Crippen MR) is 78.6 cm³/mol. The average Bonchev–Trinajstić information content (AvgIpc) is 2.55. The molecule has 0 saturated carbocycles. The molecule has 1 aromatic rings. The zero-order chi connectivity index (χ0) is 14.8. The van der Waals surface area contributed by atoms with E-state index in [0.29, 0.717) is 18.4 Å². The molecule has 21 heavy (non-hydrogen) atoms. The maximum absolute atomic E-state index is 6.21. The van der Waals surface area contributed by atoms with E-state index in [1.165, 1.54) is 0 Å². The second-order valence-electron chi connectivity index (χ2n) is 5.89. The van der Waals surface area contributed by atoms with Gasteiger partial charge in [0, 0.05) is 18.6 Å². The van der Waals surface area contributed by atoms with Crippen molar-refractivity contribution < 1.29 is 18.9 Å². The summed E-state index contributed by atoms with van der Waals surface area (Å²) in [5.41, 5.74) is 1.06. The molecule has 4 heteroatoms.